The zero-order valence-electron chi connectivity index (χ0n) is 9.98. The number of hydrogen-bond acceptors (Lipinski definition) is 3. The van der Waals surface area contributed by atoms with Crippen LogP contribution in [0.4, 0.5) is 17.1 Å². The summed E-state index contributed by atoms with van der Waals surface area (Å²) < 4.78 is 0.589. The maximum absolute atomic E-state index is 10.7. The first-order chi connectivity index (χ1) is 8.97. The third-order valence-electron chi connectivity index (χ3n) is 2.60. The number of rotatable bonds is 3. The lowest BCUT2D eigenvalue weighted by molar-refractivity contribution is -0.385. The first-order valence-corrected chi connectivity index (χ1v) is 6.90. The summed E-state index contributed by atoms with van der Waals surface area (Å²) in [5.41, 5.74) is 2.74. The minimum Gasteiger partial charge on any atom is -0.355 e. The van der Waals surface area contributed by atoms with Crippen LogP contribution in [0.15, 0.2) is 36.4 Å². The van der Waals surface area contributed by atoms with Crippen LogP contribution in [-0.2, 0) is 0 Å². The molecule has 0 unspecified atom stereocenters. The van der Waals surface area contributed by atoms with E-state index in [0.717, 1.165) is 16.9 Å². The monoisotopic (exact) mass is 388 g/mol. The van der Waals surface area contributed by atoms with E-state index in [0.29, 0.717) is 8.59 Å². The van der Waals surface area contributed by atoms with Gasteiger partial charge in [0.05, 0.1) is 8.49 Å². The Morgan fingerprint density at radius 1 is 1.21 bits per heavy atom. The quantitative estimate of drug-likeness (QED) is 0.462. The highest BCUT2D eigenvalue weighted by atomic mass is 127. The van der Waals surface area contributed by atoms with Gasteiger partial charge in [0.25, 0.3) is 5.69 Å². The molecule has 0 aliphatic carbocycles. The van der Waals surface area contributed by atoms with Crippen LogP contribution in [0.2, 0.25) is 5.02 Å². The second kappa shape index (κ2) is 5.75. The minimum atomic E-state index is -0.395. The summed E-state index contributed by atoms with van der Waals surface area (Å²) in [6, 6.07) is 10.5. The average molecular weight is 389 g/mol. The van der Waals surface area contributed by atoms with Crippen molar-refractivity contribution >= 4 is 51.3 Å². The molecule has 0 spiro atoms. The molecule has 0 radical (unpaired) electrons. The third kappa shape index (κ3) is 3.36. The van der Waals surface area contributed by atoms with Gasteiger partial charge in [0.15, 0.2) is 0 Å². The number of aryl methyl sites for hydroxylation is 1. The van der Waals surface area contributed by atoms with Crippen molar-refractivity contribution in [3.8, 4) is 0 Å². The van der Waals surface area contributed by atoms with E-state index in [1.54, 1.807) is 12.1 Å². The smallest absolute Gasteiger partial charge is 0.282 e. The van der Waals surface area contributed by atoms with Crippen molar-refractivity contribution in [2.75, 3.05) is 5.32 Å². The average Bonchev–Trinajstić information content (AvgIpc) is 2.33. The van der Waals surface area contributed by atoms with Gasteiger partial charge in [-0.25, -0.2) is 0 Å². The van der Waals surface area contributed by atoms with E-state index in [4.69, 9.17) is 11.6 Å². The fourth-order valence-electron chi connectivity index (χ4n) is 1.57. The van der Waals surface area contributed by atoms with Gasteiger partial charge >= 0.3 is 0 Å². The molecular formula is C13H10ClIN2O2. The number of nitro groups is 1. The summed E-state index contributed by atoms with van der Waals surface area (Å²) in [4.78, 5) is 10.3. The topological polar surface area (TPSA) is 55.2 Å². The minimum absolute atomic E-state index is 0.105. The molecule has 0 aromatic heterocycles. The molecular weight excluding hydrogens is 379 g/mol. The second-order valence-corrected chi connectivity index (χ2v) is 5.58. The van der Waals surface area contributed by atoms with E-state index in [2.05, 4.69) is 5.32 Å². The molecule has 0 atom stereocenters. The van der Waals surface area contributed by atoms with E-state index in [1.807, 2.05) is 47.7 Å². The standard InChI is InChI=1S/C13H10ClIN2O2/c1-8-2-3-9(6-11(8)14)16-10-4-5-13(17(18)19)12(15)7-10/h2-7,16H,1H3. The van der Waals surface area contributed by atoms with Gasteiger partial charge in [-0.3, -0.25) is 10.1 Å². The highest BCUT2D eigenvalue weighted by Crippen LogP contribution is 2.27. The molecule has 2 rings (SSSR count). The van der Waals surface area contributed by atoms with Gasteiger partial charge in [0.2, 0.25) is 0 Å². The molecule has 0 heterocycles. The Labute approximate surface area is 129 Å². The van der Waals surface area contributed by atoms with Crippen LogP contribution in [0.3, 0.4) is 0 Å². The first kappa shape index (κ1) is 14.1. The first-order valence-electron chi connectivity index (χ1n) is 5.44. The molecule has 98 valence electrons. The van der Waals surface area contributed by atoms with Gasteiger partial charge in [-0.2, -0.15) is 0 Å². The van der Waals surface area contributed by atoms with E-state index in [-0.39, 0.29) is 5.69 Å². The molecule has 0 saturated carbocycles. The van der Waals surface area contributed by atoms with Crippen molar-refractivity contribution in [1.29, 1.82) is 0 Å². The van der Waals surface area contributed by atoms with Crippen molar-refractivity contribution in [2.45, 2.75) is 6.92 Å². The van der Waals surface area contributed by atoms with Crippen molar-refractivity contribution in [2.24, 2.45) is 0 Å². The molecule has 6 heteroatoms. The van der Waals surface area contributed by atoms with Crippen LogP contribution in [-0.4, -0.2) is 4.92 Å². The molecule has 0 bridgehead atoms. The molecule has 0 aliphatic heterocycles. The van der Waals surface area contributed by atoms with Crippen molar-refractivity contribution in [3.63, 3.8) is 0 Å². The molecule has 0 aliphatic rings. The predicted octanol–water partition coefficient (Wildman–Crippen LogP) is 4.90. The summed E-state index contributed by atoms with van der Waals surface area (Å²) in [6.07, 6.45) is 0. The van der Waals surface area contributed by atoms with E-state index < -0.39 is 4.92 Å². The highest BCUT2D eigenvalue weighted by molar-refractivity contribution is 14.1. The number of nitrogens with one attached hydrogen (secondary N) is 1. The van der Waals surface area contributed by atoms with E-state index in [9.17, 15) is 10.1 Å². The highest BCUT2D eigenvalue weighted by Gasteiger charge is 2.11. The molecule has 0 fully saturated rings. The Kier molecular flexibility index (Phi) is 4.26. The maximum atomic E-state index is 10.7. The molecule has 0 saturated heterocycles. The predicted molar refractivity (Wildman–Crippen MR) is 85.3 cm³/mol. The van der Waals surface area contributed by atoms with Crippen LogP contribution in [0.1, 0.15) is 5.56 Å². The molecule has 2 aromatic carbocycles. The van der Waals surface area contributed by atoms with Crippen LogP contribution < -0.4 is 5.32 Å². The van der Waals surface area contributed by atoms with Crippen LogP contribution in [0.5, 0.6) is 0 Å². The van der Waals surface area contributed by atoms with Crippen LogP contribution in [0.25, 0.3) is 0 Å². The second-order valence-electron chi connectivity index (χ2n) is 4.01. The lowest BCUT2D eigenvalue weighted by Gasteiger charge is -2.08. The fourth-order valence-corrected chi connectivity index (χ4v) is 2.46. The molecule has 19 heavy (non-hydrogen) atoms. The third-order valence-corrected chi connectivity index (χ3v) is 3.88. The van der Waals surface area contributed by atoms with Gasteiger partial charge < -0.3 is 5.32 Å². The zero-order chi connectivity index (χ0) is 14.0. The normalized spacial score (nSPS) is 10.3. The van der Waals surface area contributed by atoms with Crippen LogP contribution in [0, 0.1) is 20.6 Å². The summed E-state index contributed by atoms with van der Waals surface area (Å²) in [7, 11) is 0. The Morgan fingerprint density at radius 3 is 2.42 bits per heavy atom. The summed E-state index contributed by atoms with van der Waals surface area (Å²) in [5.74, 6) is 0. The SMILES string of the molecule is Cc1ccc(Nc2ccc([N+](=O)[O-])c(I)c2)cc1Cl. The largest absolute Gasteiger partial charge is 0.355 e. The number of hydrogen-bond donors (Lipinski definition) is 1. The Morgan fingerprint density at radius 2 is 1.84 bits per heavy atom. The van der Waals surface area contributed by atoms with E-state index >= 15 is 0 Å². The number of nitro benzene ring substituents is 1. The lowest BCUT2D eigenvalue weighted by Crippen LogP contribution is -1.95. The van der Waals surface area contributed by atoms with Crippen LogP contribution >= 0.6 is 34.2 Å². The van der Waals surface area contributed by atoms with Crippen molar-refractivity contribution in [3.05, 3.63) is 60.7 Å². The Bertz CT molecular complexity index is 647. The van der Waals surface area contributed by atoms with Crippen molar-refractivity contribution in [1.82, 2.24) is 0 Å². The fraction of sp³-hybridized carbons (Fsp3) is 0.0769. The maximum Gasteiger partial charge on any atom is 0.282 e. The van der Waals surface area contributed by atoms with Gasteiger partial charge in [-0.15, -0.1) is 0 Å². The lowest BCUT2D eigenvalue weighted by atomic mass is 10.2. The molecule has 0 amide bonds. The summed E-state index contributed by atoms with van der Waals surface area (Å²) in [6.45, 7) is 1.93. The van der Waals surface area contributed by atoms with Gasteiger partial charge in [0, 0.05) is 22.5 Å². The molecule has 1 N–H and O–H groups in total. The zero-order valence-corrected chi connectivity index (χ0v) is 12.9. The Balaban J connectivity index is 2.26. The molecule has 2 aromatic rings. The van der Waals surface area contributed by atoms with Gasteiger partial charge in [-0.1, -0.05) is 17.7 Å². The number of benzene rings is 2. The number of nitrogens with zero attached hydrogens (tertiary/aromatic N) is 1. The number of halogens is 2. The Hall–Kier alpha value is -1.34. The van der Waals surface area contributed by atoms with Crippen molar-refractivity contribution < 1.29 is 4.92 Å². The van der Waals surface area contributed by atoms with Gasteiger partial charge in [0.1, 0.15) is 0 Å². The molecule has 4 nitrogen and oxygen atoms in total. The van der Waals surface area contributed by atoms with Gasteiger partial charge in [-0.05, 0) is 59.3 Å². The summed E-state index contributed by atoms with van der Waals surface area (Å²) in [5, 5.41) is 14.6. The number of anilines is 2. The van der Waals surface area contributed by atoms with E-state index in [1.165, 1.54) is 6.07 Å². The summed E-state index contributed by atoms with van der Waals surface area (Å²) >= 11 is 8.00.